The molecule has 1 aromatic carbocycles. The van der Waals surface area contributed by atoms with Gasteiger partial charge in [-0.05, 0) is 50.1 Å². The van der Waals surface area contributed by atoms with Crippen molar-refractivity contribution in [3.8, 4) is 11.5 Å². The molecule has 0 saturated heterocycles. The number of carbonyl (C=O) groups excluding carboxylic acids is 1. The Hall–Kier alpha value is -2.56. The third-order valence-corrected chi connectivity index (χ3v) is 3.67. The number of nitrogens with zero attached hydrogens (tertiary/aromatic N) is 1. The maximum Gasteiger partial charge on any atom is 0.253 e. The first kappa shape index (κ1) is 17.8. The van der Waals surface area contributed by atoms with Crippen LogP contribution in [0.1, 0.15) is 47.9 Å². The Morgan fingerprint density at radius 2 is 2.04 bits per heavy atom. The third kappa shape index (κ3) is 4.47. The number of carbonyl (C=O) groups is 1. The summed E-state index contributed by atoms with van der Waals surface area (Å²) >= 11 is 0. The lowest BCUT2D eigenvalue weighted by atomic mass is 10.1. The van der Waals surface area contributed by atoms with Gasteiger partial charge in [0, 0.05) is 11.9 Å². The largest absolute Gasteiger partial charge is 0.493 e. The van der Waals surface area contributed by atoms with Crippen LogP contribution in [0.4, 0.5) is 0 Å². The molecule has 0 bridgehead atoms. The van der Waals surface area contributed by atoms with E-state index >= 15 is 0 Å². The van der Waals surface area contributed by atoms with Gasteiger partial charge in [-0.15, -0.1) is 0 Å². The first-order valence-electron chi connectivity index (χ1n) is 8.09. The lowest BCUT2D eigenvalue weighted by molar-refractivity contribution is 0.0939. The van der Waals surface area contributed by atoms with Gasteiger partial charge in [0.15, 0.2) is 11.5 Å². The van der Waals surface area contributed by atoms with E-state index in [-0.39, 0.29) is 11.9 Å². The van der Waals surface area contributed by atoms with E-state index in [9.17, 15) is 4.79 Å². The van der Waals surface area contributed by atoms with Crippen LogP contribution in [0.3, 0.4) is 0 Å². The molecule has 5 nitrogen and oxygen atoms in total. The monoisotopic (exact) mass is 328 g/mol. The molecule has 5 heteroatoms. The zero-order valence-electron chi connectivity index (χ0n) is 14.6. The smallest absolute Gasteiger partial charge is 0.253 e. The van der Waals surface area contributed by atoms with E-state index < -0.39 is 0 Å². The molecule has 0 fully saturated rings. The van der Waals surface area contributed by atoms with Crippen molar-refractivity contribution in [1.29, 1.82) is 0 Å². The quantitative estimate of drug-likeness (QED) is 0.842. The van der Waals surface area contributed by atoms with Gasteiger partial charge in [-0.3, -0.25) is 9.78 Å². The van der Waals surface area contributed by atoms with Crippen LogP contribution in [0.5, 0.6) is 11.5 Å². The van der Waals surface area contributed by atoms with Gasteiger partial charge in [-0.1, -0.05) is 13.0 Å². The molecule has 0 unspecified atom stereocenters. The Balaban J connectivity index is 2.09. The summed E-state index contributed by atoms with van der Waals surface area (Å²) in [5.41, 5.74) is 2.37. The number of hydrogen-bond acceptors (Lipinski definition) is 4. The van der Waals surface area contributed by atoms with Crippen molar-refractivity contribution in [2.24, 2.45) is 0 Å². The van der Waals surface area contributed by atoms with Crippen molar-refractivity contribution in [1.82, 2.24) is 10.3 Å². The number of aryl methyl sites for hydroxylation is 1. The molecule has 0 aliphatic rings. The molecule has 2 aromatic rings. The normalized spacial score (nSPS) is 11.7. The summed E-state index contributed by atoms with van der Waals surface area (Å²) in [6.45, 7) is 6.51. The van der Waals surface area contributed by atoms with Crippen molar-refractivity contribution in [2.75, 3.05) is 13.7 Å². The highest BCUT2D eigenvalue weighted by Crippen LogP contribution is 2.30. The lowest BCUT2D eigenvalue weighted by Gasteiger charge is -2.17. The Bertz CT molecular complexity index is 684. The minimum Gasteiger partial charge on any atom is -0.493 e. The number of pyridine rings is 1. The number of rotatable bonds is 7. The maximum atomic E-state index is 12.3. The number of aromatic nitrogens is 1. The molecule has 24 heavy (non-hydrogen) atoms. The summed E-state index contributed by atoms with van der Waals surface area (Å²) in [4.78, 5) is 16.4. The molecule has 0 saturated carbocycles. The Morgan fingerprint density at radius 3 is 2.67 bits per heavy atom. The predicted octanol–water partition coefficient (Wildman–Crippen LogP) is 3.68. The highest BCUT2D eigenvalue weighted by atomic mass is 16.5. The van der Waals surface area contributed by atoms with E-state index in [4.69, 9.17) is 9.47 Å². The summed E-state index contributed by atoms with van der Waals surface area (Å²) in [7, 11) is 1.61. The van der Waals surface area contributed by atoms with Gasteiger partial charge in [0.25, 0.3) is 5.91 Å². The highest BCUT2D eigenvalue weighted by Gasteiger charge is 2.14. The van der Waals surface area contributed by atoms with Crippen molar-refractivity contribution < 1.29 is 14.3 Å². The maximum absolute atomic E-state index is 12.3. The fraction of sp³-hybridized carbons (Fsp3) is 0.368. The summed E-state index contributed by atoms with van der Waals surface area (Å²) < 4.78 is 11.0. The van der Waals surface area contributed by atoms with E-state index in [0.717, 1.165) is 17.7 Å². The molecule has 0 spiro atoms. The lowest BCUT2D eigenvalue weighted by Crippen LogP contribution is -2.26. The van der Waals surface area contributed by atoms with Crippen LogP contribution in [-0.2, 0) is 0 Å². The van der Waals surface area contributed by atoms with E-state index in [1.54, 1.807) is 19.4 Å². The summed E-state index contributed by atoms with van der Waals surface area (Å²) in [6.07, 6.45) is 2.52. The molecule has 0 aliphatic heterocycles. The first-order chi connectivity index (χ1) is 11.5. The van der Waals surface area contributed by atoms with E-state index in [1.165, 1.54) is 0 Å². The number of ether oxygens (including phenoxy) is 2. The SMILES string of the molecule is CCCOc1ccc([C@@H](C)NC(=O)c2ccc(C)nc2)cc1OC. The number of methoxy groups -OCH3 is 1. The average molecular weight is 328 g/mol. The highest BCUT2D eigenvalue weighted by molar-refractivity contribution is 5.94. The number of nitrogens with one attached hydrogen (secondary N) is 1. The van der Waals surface area contributed by atoms with Gasteiger partial charge in [-0.2, -0.15) is 0 Å². The van der Waals surface area contributed by atoms with Gasteiger partial charge in [0.1, 0.15) is 0 Å². The molecular weight excluding hydrogens is 304 g/mol. The zero-order chi connectivity index (χ0) is 17.5. The van der Waals surface area contributed by atoms with Crippen LogP contribution in [0.2, 0.25) is 0 Å². The number of amides is 1. The topological polar surface area (TPSA) is 60.5 Å². The van der Waals surface area contributed by atoms with Gasteiger partial charge >= 0.3 is 0 Å². The summed E-state index contributed by atoms with van der Waals surface area (Å²) in [5, 5.41) is 2.97. The number of hydrogen-bond donors (Lipinski definition) is 1. The Kier molecular flexibility index (Phi) is 6.18. The molecule has 0 radical (unpaired) electrons. The van der Waals surface area contributed by atoms with Crippen molar-refractivity contribution in [3.63, 3.8) is 0 Å². The van der Waals surface area contributed by atoms with Crippen LogP contribution in [0.15, 0.2) is 36.5 Å². The van der Waals surface area contributed by atoms with E-state index in [0.29, 0.717) is 23.7 Å². The molecular formula is C19H24N2O3. The Labute approximate surface area is 143 Å². The van der Waals surface area contributed by atoms with Gasteiger partial charge in [0.05, 0.1) is 25.3 Å². The fourth-order valence-electron chi connectivity index (χ4n) is 2.25. The molecule has 128 valence electrons. The third-order valence-electron chi connectivity index (χ3n) is 3.67. The summed E-state index contributed by atoms with van der Waals surface area (Å²) in [6, 6.07) is 9.14. The van der Waals surface area contributed by atoms with Gasteiger partial charge < -0.3 is 14.8 Å². The molecule has 1 N–H and O–H groups in total. The second-order valence-corrected chi connectivity index (χ2v) is 5.64. The predicted molar refractivity (Wildman–Crippen MR) is 93.6 cm³/mol. The minimum atomic E-state index is -0.159. The average Bonchev–Trinajstić information content (AvgIpc) is 2.60. The standard InChI is InChI=1S/C19H24N2O3/c1-5-10-24-17-9-8-15(11-18(17)23-4)14(3)21-19(22)16-7-6-13(2)20-12-16/h6-9,11-12,14H,5,10H2,1-4H3,(H,21,22)/t14-/m1/s1. The molecule has 2 rings (SSSR count). The molecule has 1 amide bonds. The van der Waals surface area contributed by atoms with Gasteiger partial charge in [-0.25, -0.2) is 0 Å². The van der Waals surface area contributed by atoms with Crippen LogP contribution >= 0.6 is 0 Å². The van der Waals surface area contributed by atoms with E-state index in [1.807, 2.05) is 38.1 Å². The van der Waals surface area contributed by atoms with Gasteiger partial charge in [0.2, 0.25) is 0 Å². The molecule has 0 aliphatic carbocycles. The molecule has 1 aromatic heterocycles. The second-order valence-electron chi connectivity index (χ2n) is 5.64. The second kappa shape index (κ2) is 8.34. The minimum absolute atomic E-state index is 0.153. The summed E-state index contributed by atoms with van der Waals surface area (Å²) in [5.74, 6) is 1.23. The van der Waals surface area contributed by atoms with Crippen LogP contribution in [0.25, 0.3) is 0 Å². The van der Waals surface area contributed by atoms with Crippen molar-refractivity contribution in [3.05, 3.63) is 53.3 Å². The molecule has 1 atom stereocenters. The van der Waals surface area contributed by atoms with Crippen LogP contribution in [0, 0.1) is 6.92 Å². The van der Waals surface area contributed by atoms with Crippen molar-refractivity contribution in [2.45, 2.75) is 33.2 Å². The zero-order valence-corrected chi connectivity index (χ0v) is 14.6. The van der Waals surface area contributed by atoms with Crippen LogP contribution in [-0.4, -0.2) is 24.6 Å². The van der Waals surface area contributed by atoms with Crippen LogP contribution < -0.4 is 14.8 Å². The van der Waals surface area contributed by atoms with Crippen molar-refractivity contribution >= 4 is 5.91 Å². The molecule has 1 heterocycles. The fourth-order valence-corrected chi connectivity index (χ4v) is 2.25. The van der Waals surface area contributed by atoms with E-state index in [2.05, 4.69) is 17.2 Å². The first-order valence-corrected chi connectivity index (χ1v) is 8.09. The number of benzene rings is 1. The Morgan fingerprint density at radius 1 is 1.25 bits per heavy atom.